The van der Waals surface area contributed by atoms with Crippen molar-refractivity contribution < 1.29 is 9.21 Å². The van der Waals surface area contributed by atoms with E-state index in [4.69, 9.17) is 4.42 Å². The van der Waals surface area contributed by atoms with Crippen LogP contribution in [0, 0.1) is 0 Å². The van der Waals surface area contributed by atoms with E-state index in [9.17, 15) is 4.79 Å². The summed E-state index contributed by atoms with van der Waals surface area (Å²) in [5.41, 5.74) is 0. The van der Waals surface area contributed by atoms with E-state index in [2.05, 4.69) is 15.5 Å². The Kier molecular flexibility index (Phi) is 6.08. The van der Waals surface area contributed by atoms with Gasteiger partial charge in [0.25, 0.3) is 0 Å². The smallest absolute Gasteiger partial charge is 0.234 e. The van der Waals surface area contributed by atoms with Gasteiger partial charge < -0.3 is 15.1 Å². The molecule has 0 spiro atoms. The fraction of sp³-hybridized carbons (Fsp3) is 0.667. The van der Waals surface area contributed by atoms with Crippen LogP contribution in [-0.4, -0.2) is 43.5 Å². The molecule has 112 valence electrons. The van der Waals surface area contributed by atoms with E-state index in [0.717, 1.165) is 25.3 Å². The van der Waals surface area contributed by atoms with Crippen molar-refractivity contribution in [2.24, 2.45) is 0 Å². The number of likely N-dealkylation sites (tertiary alicyclic amines) is 1. The van der Waals surface area contributed by atoms with Crippen LogP contribution in [0.25, 0.3) is 0 Å². The first-order chi connectivity index (χ1) is 9.79. The minimum atomic E-state index is 0.0813. The van der Waals surface area contributed by atoms with Crippen molar-refractivity contribution >= 4 is 5.91 Å². The van der Waals surface area contributed by atoms with Crippen LogP contribution in [0.3, 0.4) is 0 Å². The monoisotopic (exact) mass is 279 g/mol. The quantitative estimate of drug-likeness (QED) is 0.791. The number of nitrogens with zero attached hydrogens (tertiary/aromatic N) is 1. The molecule has 0 bridgehead atoms. The molecule has 0 saturated carbocycles. The van der Waals surface area contributed by atoms with E-state index in [1.807, 2.05) is 19.2 Å². The van der Waals surface area contributed by atoms with E-state index in [1.165, 1.54) is 19.3 Å². The highest BCUT2D eigenvalue weighted by atomic mass is 16.3. The maximum atomic E-state index is 12.0. The first kappa shape index (κ1) is 15.1. The molecule has 20 heavy (non-hydrogen) atoms. The van der Waals surface area contributed by atoms with Crippen molar-refractivity contribution in [3.05, 3.63) is 24.2 Å². The van der Waals surface area contributed by atoms with E-state index in [1.54, 1.807) is 6.26 Å². The van der Waals surface area contributed by atoms with Crippen molar-refractivity contribution in [2.45, 2.75) is 38.3 Å². The minimum absolute atomic E-state index is 0.0813. The molecule has 1 fully saturated rings. The van der Waals surface area contributed by atoms with Crippen LogP contribution >= 0.6 is 0 Å². The summed E-state index contributed by atoms with van der Waals surface area (Å²) in [5.74, 6) is 0.876. The lowest BCUT2D eigenvalue weighted by molar-refractivity contribution is -0.123. The van der Waals surface area contributed by atoms with Gasteiger partial charge in [-0.15, -0.1) is 0 Å². The molecule has 1 aromatic rings. The number of amides is 1. The topological polar surface area (TPSA) is 57.5 Å². The lowest BCUT2D eigenvalue weighted by atomic mass is 9.99. The van der Waals surface area contributed by atoms with Gasteiger partial charge in [-0.1, -0.05) is 6.42 Å². The normalized spacial score (nSPS) is 19.9. The van der Waals surface area contributed by atoms with Crippen LogP contribution in [0.15, 0.2) is 22.8 Å². The predicted molar refractivity (Wildman–Crippen MR) is 78.3 cm³/mol. The van der Waals surface area contributed by atoms with Gasteiger partial charge in [-0.2, -0.15) is 0 Å². The molecule has 1 aliphatic rings. The Balaban J connectivity index is 1.75. The molecule has 0 aliphatic carbocycles. The van der Waals surface area contributed by atoms with Gasteiger partial charge in [-0.05, 0) is 51.5 Å². The Labute approximate surface area is 120 Å². The van der Waals surface area contributed by atoms with Gasteiger partial charge in [-0.25, -0.2) is 0 Å². The molecule has 1 aliphatic heterocycles. The predicted octanol–water partition coefficient (Wildman–Crippen LogP) is 1.36. The molecular weight excluding hydrogens is 254 g/mol. The molecule has 5 nitrogen and oxygen atoms in total. The fourth-order valence-electron chi connectivity index (χ4n) is 2.75. The Hall–Kier alpha value is -1.33. The number of hydrogen-bond acceptors (Lipinski definition) is 4. The SMILES string of the molecule is CNCCC1CCCCN1CC(=O)NCc1ccco1. The first-order valence-electron chi connectivity index (χ1n) is 7.47. The summed E-state index contributed by atoms with van der Waals surface area (Å²) >= 11 is 0. The van der Waals surface area contributed by atoms with E-state index in [-0.39, 0.29) is 5.91 Å². The number of carbonyl (C=O) groups excluding carboxylic acids is 1. The van der Waals surface area contributed by atoms with Crippen molar-refractivity contribution in [2.75, 3.05) is 26.7 Å². The van der Waals surface area contributed by atoms with Crippen LogP contribution in [0.5, 0.6) is 0 Å². The molecule has 5 heteroatoms. The summed E-state index contributed by atoms with van der Waals surface area (Å²) in [4.78, 5) is 14.3. The Morgan fingerprint density at radius 2 is 2.40 bits per heavy atom. The van der Waals surface area contributed by atoms with Crippen LogP contribution in [0.2, 0.25) is 0 Å². The third-order valence-electron chi connectivity index (χ3n) is 3.86. The second-order valence-electron chi connectivity index (χ2n) is 5.37. The van der Waals surface area contributed by atoms with Crippen LogP contribution < -0.4 is 10.6 Å². The lowest BCUT2D eigenvalue weighted by Gasteiger charge is -2.35. The number of furan rings is 1. The van der Waals surface area contributed by atoms with Crippen molar-refractivity contribution in [3.63, 3.8) is 0 Å². The maximum Gasteiger partial charge on any atom is 0.234 e. The van der Waals surface area contributed by atoms with E-state index < -0.39 is 0 Å². The summed E-state index contributed by atoms with van der Waals surface area (Å²) in [6.07, 6.45) is 6.41. The fourth-order valence-corrected chi connectivity index (χ4v) is 2.75. The van der Waals surface area contributed by atoms with Crippen LogP contribution in [0.1, 0.15) is 31.4 Å². The summed E-state index contributed by atoms with van der Waals surface area (Å²) in [6, 6.07) is 4.24. The van der Waals surface area contributed by atoms with Gasteiger partial charge in [0.05, 0.1) is 19.4 Å². The third-order valence-corrected chi connectivity index (χ3v) is 3.86. The zero-order valence-electron chi connectivity index (χ0n) is 12.2. The molecule has 1 amide bonds. The molecule has 1 atom stereocenters. The van der Waals surface area contributed by atoms with Crippen molar-refractivity contribution in [3.8, 4) is 0 Å². The van der Waals surface area contributed by atoms with Gasteiger partial charge in [0.2, 0.25) is 5.91 Å². The number of rotatable bonds is 7. The Bertz CT molecular complexity index is 392. The van der Waals surface area contributed by atoms with E-state index >= 15 is 0 Å². The molecule has 2 heterocycles. The highest BCUT2D eigenvalue weighted by Crippen LogP contribution is 2.18. The Morgan fingerprint density at radius 3 is 3.15 bits per heavy atom. The number of nitrogens with one attached hydrogen (secondary N) is 2. The second-order valence-corrected chi connectivity index (χ2v) is 5.37. The van der Waals surface area contributed by atoms with Crippen molar-refractivity contribution in [1.82, 2.24) is 15.5 Å². The molecule has 1 unspecified atom stereocenters. The minimum Gasteiger partial charge on any atom is -0.467 e. The third kappa shape index (κ3) is 4.65. The van der Waals surface area contributed by atoms with E-state index in [0.29, 0.717) is 19.1 Å². The number of hydrogen-bond donors (Lipinski definition) is 2. The lowest BCUT2D eigenvalue weighted by Crippen LogP contribution is -2.46. The standard InChI is InChI=1S/C15H25N3O2/c1-16-8-7-13-5-2-3-9-18(13)12-15(19)17-11-14-6-4-10-20-14/h4,6,10,13,16H,2-3,5,7-9,11-12H2,1H3,(H,17,19). The number of piperidine rings is 1. The van der Waals surface area contributed by atoms with Crippen molar-refractivity contribution in [1.29, 1.82) is 0 Å². The summed E-state index contributed by atoms with van der Waals surface area (Å²) in [7, 11) is 1.98. The van der Waals surface area contributed by atoms with Crippen LogP contribution in [0.4, 0.5) is 0 Å². The summed E-state index contributed by atoms with van der Waals surface area (Å²) < 4.78 is 5.21. The average molecular weight is 279 g/mol. The van der Waals surface area contributed by atoms with Gasteiger partial charge >= 0.3 is 0 Å². The molecule has 1 aromatic heterocycles. The van der Waals surface area contributed by atoms with Gasteiger partial charge in [0, 0.05) is 6.04 Å². The number of carbonyl (C=O) groups is 1. The summed E-state index contributed by atoms with van der Waals surface area (Å²) in [5, 5.41) is 6.11. The average Bonchev–Trinajstić information content (AvgIpc) is 2.97. The zero-order chi connectivity index (χ0) is 14.2. The highest BCUT2D eigenvalue weighted by molar-refractivity contribution is 5.78. The molecule has 0 aromatic carbocycles. The van der Waals surface area contributed by atoms with Gasteiger partial charge in [0.15, 0.2) is 0 Å². The van der Waals surface area contributed by atoms with Gasteiger partial charge in [0.1, 0.15) is 5.76 Å². The first-order valence-corrected chi connectivity index (χ1v) is 7.47. The molecular formula is C15H25N3O2. The molecule has 2 rings (SSSR count). The summed E-state index contributed by atoms with van der Waals surface area (Å²) in [6.45, 7) is 3.01. The molecule has 1 saturated heterocycles. The van der Waals surface area contributed by atoms with Gasteiger partial charge in [-0.3, -0.25) is 9.69 Å². The van der Waals surface area contributed by atoms with Crippen LogP contribution in [-0.2, 0) is 11.3 Å². The highest BCUT2D eigenvalue weighted by Gasteiger charge is 2.23. The molecule has 0 radical (unpaired) electrons. The second kappa shape index (κ2) is 8.07. The largest absolute Gasteiger partial charge is 0.467 e. The Morgan fingerprint density at radius 1 is 1.50 bits per heavy atom. The maximum absolute atomic E-state index is 12.0. The molecule has 2 N–H and O–H groups in total. The zero-order valence-corrected chi connectivity index (χ0v) is 12.2.